The fraction of sp³-hybridized carbons (Fsp3) is 0.417. The number of carbonyl (C=O) groups is 1. The first-order valence-corrected chi connectivity index (χ1v) is 10.5. The fourth-order valence-electron chi connectivity index (χ4n) is 2.10. The van der Waals surface area contributed by atoms with Crippen molar-refractivity contribution < 1.29 is 21.6 Å². The first-order valence-electron chi connectivity index (χ1n) is 6.39. The van der Waals surface area contributed by atoms with Gasteiger partial charge >= 0.3 is 0 Å². The second kappa shape index (κ2) is 6.26. The van der Waals surface area contributed by atoms with Gasteiger partial charge in [0, 0.05) is 4.47 Å². The third-order valence-electron chi connectivity index (χ3n) is 3.29. The van der Waals surface area contributed by atoms with E-state index >= 15 is 0 Å². The van der Waals surface area contributed by atoms with Crippen molar-refractivity contribution in [1.82, 2.24) is 10.3 Å². The Morgan fingerprint density at radius 3 is 2.59 bits per heavy atom. The van der Waals surface area contributed by atoms with Crippen LogP contribution in [0.2, 0.25) is 0 Å². The van der Waals surface area contributed by atoms with E-state index in [2.05, 4.69) is 21.4 Å². The van der Waals surface area contributed by atoms with Gasteiger partial charge in [-0.25, -0.2) is 16.8 Å². The number of carbonyl (C=O) groups excluding carboxylic acids is 1. The molecular formula is C12H15BrN2O5S2. The fourth-order valence-corrected chi connectivity index (χ4v) is 5.88. The number of hydrogen-bond acceptors (Lipinski definition) is 5. The molecule has 1 amide bonds. The summed E-state index contributed by atoms with van der Waals surface area (Å²) in [5.74, 6) is -1.68. The van der Waals surface area contributed by atoms with E-state index in [0.29, 0.717) is 4.47 Å². The van der Waals surface area contributed by atoms with Gasteiger partial charge in [0.15, 0.2) is 9.84 Å². The van der Waals surface area contributed by atoms with Gasteiger partial charge in [-0.1, -0.05) is 6.07 Å². The zero-order valence-electron chi connectivity index (χ0n) is 11.7. The number of rotatable bonds is 4. The zero-order valence-corrected chi connectivity index (χ0v) is 14.9. The Labute approximate surface area is 137 Å². The molecule has 0 saturated carbocycles. The first-order chi connectivity index (χ1) is 10.1. The van der Waals surface area contributed by atoms with E-state index in [4.69, 9.17) is 0 Å². The van der Waals surface area contributed by atoms with Crippen LogP contribution in [0.1, 0.15) is 12.0 Å². The summed E-state index contributed by atoms with van der Waals surface area (Å²) >= 11 is 3.16. The van der Waals surface area contributed by atoms with Crippen molar-refractivity contribution in [1.29, 1.82) is 0 Å². The van der Waals surface area contributed by atoms with Crippen LogP contribution in [0, 0.1) is 12.8 Å². The second-order valence-corrected chi connectivity index (χ2v) is 9.86. The van der Waals surface area contributed by atoms with Crippen LogP contribution in [0.4, 0.5) is 0 Å². The van der Waals surface area contributed by atoms with Crippen LogP contribution in [-0.4, -0.2) is 34.2 Å². The molecule has 0 spiro atoms. The lowest BCUT2D eigenvalue weighted by Gasteiger charge is -2.12. The van der Waals surface area contributed by atoms with Gasteiger partial charge in [-0.15, -0.1) is 4.83 Å². The Morgan fingerprint density at radius 2 is 2.05 bits per heavy atom. The highest BCUT2D eigenvalue weighted by Gasteiger charge is 2.33. The van der Waals surface area contributed by atoms with Crippen LogP contribution in [0.15, 0.2) is 27.6 Å². The number of benzene rings is 1. The molecule has 7 nitrogen and oxygen atoms in total. The number of sulfone groups is 1. The van der Waals surface area contributed by atoms with Crippen LogP contribution in [0.3, 0.4) is 0 Å². The van der Waals surface area contributed by atoms with Crippen molar-refractivity contribution in [3.63, 3.8) is 0 Å². The molecule has 22 heavy (non-hydrogen) atoms. The molecule has 0 aliphatic carbocycles. The molecule has 1 aromatic rings. The van der Waals surface area contributed by atoms with E-state index in [-0.39, 0.29) is 22.8 Å². The molecule has 1 atom stereocenters. The lowest BCUT2D eigenvalue weighted by Crippen LogP contribution is -2.44. The van der Waals surface area contributed by atoms with E-state index in [9.17, 15) is 21.6 Å². The molecule has 1 unspecified atom stereocenters. The molecule has 2 rings (SSSR count). The normalized spacial score (nSPS) is 20.7. The van der Waals surface area contributed by atoms with Crippen molar-refractivity contribution in [2.24, 2.45) is 5.92 Å². The summed E-state index contributed by atoms with van der Waals surface area (Å²) in [5, 5.41) is 0. The monoisotopic (exact) mass is 410 g/mol. The summed E-state index contributed by atoms with van der Waals surface area (Å²) < 4.78 is 47.3. The number of halogens is 1. The highest BCUT2D eigenvalue weighted by molar-refractivity contribution is 9.10. The molecule has 1 aromatic carbocycles. The molecule has 122 valence electrons. The molecule has 1 saturated heterocycles. The second-order valence-electron chi connectivity index (χ2n) is 5.13. The smallest absolute Gasteiger partial charge is 0.258 e. The summed E-state index contributed by atoms with van der Waals surface area (Å²) in [6.07, 6.45) is 0.199. The van der Waals surface area contributed by atoms with Gasteiger partial charge in [0.2, 0.25) is 5.91 Å². The maximum Gasteiger partial charge on any atom is 0.258 e. The maximum absolute atomic E-state index is 12.1. The predicted octanol–water partition coefficient (Wildman–Crippen LogP) is 0.502. The van der Waals surface area contributed by atoms with E-state index in [0.717, 1.165) is 5.56 Å². The third kappa shape index (κ3) is 4.06. The molecule has 1 aliphatic heterocycles. The SMILES string of the molecule is Cc1ccc(S(=O)(=O)NNC(=O)C2CCS(=O)(=O)C2)c(Br)c1. The van der Waals surface area contributed by atoms with Gasteiger partial charge in [0.25, 0.3) is 10.0 Å². The Morgan fingerprint density at radius 1 is 1.36 bits per heavy atom. The standard InChI is InChI=1S/C12H15BrN2O5S2/c1-8-2-3-11(10(13)6-8)22(19,20)15-14-12(16)9-4-5-21(17,18)7-9/h2-3,6,9,15H,4-5,7H2,1H3,(H,14,16). The molecule has 0 radical (unpaired) electrons. The number of amides is 1. The van der Waals surface area contributed by atoms with Gasteiger partial charge in [-0.2, -0.15) is 0 Å². The van der Waals surface area contributed by atoms with Crippen molar-refractivity contribution in [2.45, 2.75) is 18.2 Å². The minimum atomic E-state index is -3.94. The Kier molecular flexibility index (Phi) is 4.95. The molecule has 10 heteroatoms. The average molecular weight is 411 g/mol. The maximum atomic E-state index is 12.1. The molecule has 0 bridgehead atoms. The summed E-state index contributed by atoms with van der Waals surface area (Å²) in [7, 11) is -7.14. The number of aryl methyl sites for hydroxylation is 1. The first kappa shape index (κ1) is 17.4. The molecule has 0 aromatic heterocycles. The zero-order chi connectivity index (χ0) is 16.5. The highest BCUT2D eigenvalue weighted by Crippen LogP contribution is 2.23. The van der Waals surface area contributed by atoms with Crippen LogP contribution in [0.25, 0.3) is 0 Å². The van der Waals surface area contributed by atoms with Gasteiger partial charge in [0.05, 0.1) is 22.3 Å². The van der Waals surface area contributed by atoms with Crippen LogP contribution >= 0.6 is 15.9 Å². The van der Waals surface area contributed by atoms with Crippen molar-refractivity contribution in [3.05, 3.63) is 28.2 Å². The molecule has 2 N–H and O–H groups in total. The van der Waals surface area contributed by atoms with Crippen molar-refractivity contribution >= 4 is 41.7 Å². The topological polar surface area (TPSA) is 109 Å². The molecule has 1 aliphatic rings. The minimum Gasteiger partial charge on any atom is -0.277 e. The van der Waals surface area contributed by atoms with E-state index in [1.165, 1.54) is 6.07 Å². The van der Waals surface area contributed by atoms with Gasteiger partial charge < -0.3 is 0 Å². The van der Waals surface area contributed by atoms with E-state index in [1.54, 1.807) is 12.1 Å². The summed E-state index contributed by atoms with van der Waals surface area (Å²) in [6, 6.07) is 4.68. The van der Waals surface area contributed by atoms with Crippen LogP contribution in [-0.2, 0) is 24.7 Å². The number of sulfonamides is 1. The lowest BCUT2D eigenvalue weighted by atomic mass is 10.1. The summed E-state index contributed by atoms with van der Waals surface area (Å²) in [6.45, 7) is 1.82. The summed E-state index contributed by atoms with van der Waals surface area (Å²) in [4.78, 5) is 13.8. The van der Waals surface area contributed by atoms with Crippen molar-refractivity contribution in [2.75, 3.05) is 11.5 Å². The molecule has 1 fully saturated rings. The van der Waals surface area contributed by atoms with Crippen molar-refractivity contribution in [3.8, 4) is 0 Å². The molecule has 1 heterocycles. The average Bonchev–Trinajstić information content (AvgIpc) is 2.76. The van der Waals surface area contributed by atoms with Gasteiger partial charge in [-0.05, 0) is 47.0 Å². The third-order valence-corrected chi connectivity index (χ3v) is 7.28. The Bertz CT molecular complexity index is 805. The minimum absolute atomic E-state index is 0.0163. The Hall–Kier alpha value is -0.970. The number of hydrogen-bond donors (Lipinski definition) is 2. The lowest BCUT2D eigenvalue weighted by molar-refractivity contribution is -0.124. The van der Waals surface area contributed by atoms with E-state index < -0.39 is 31.7 Å². The molecular weight excluding hydrogens is 396 g/mol. The number of hydrazine groups is 1. The highest BCUT2D eigenvalue weighted by atomic mass is 79.9. The number of nitrogens with one attached hydrogen (secondary N) is 2. The van der Waals surface area contributed by atoms with Gasteiger partial charge in [-0.3, -0.25) is 10.2 Å². The Balaban J connectivity index is 2.05. The predicted molar refractivity (Wildman–Crippen MR) is 84.1 cm³/mol. The largest absolute Gasteiger partial charge is 0.277 e. The quantitative estimate of drug-likeness (QED) is 0.702. The van der Waals surface area contributed by atoms with E-state index in [1.807, 2.05) is 11.8 Å². The van der Waals surface area contributed by atoms with Crippen LogP contribution < -0.4 is 10.3 Å². The van der Waals surface area contributed by atoms with Crippen LogP contribution in [0.5, 0.6) is 0 Å². The summed E-state index contributed by atoms with van der Waals surface area (Å²) in [5.41, 5.74) is 2.96. The van der Waals surface area contributed by atoms with Gasteiger partial charge in [0.1, 0.15) is 0 Å².